The van der Waals surface area contributed by atoms with E-state index in [2.05, 4.69) is 10.6 Å². The van der Waals surface area contributed by atoms with Gasteiger partial charge in [-0.25, -0.2) is 4.79 Å². The quantitative estimate of drug-likeness (QED) is 0.873. The second-order valence-electron chi connectivity index (χ2n) is 5.48. The molecule has 116 valence electrons. The van der Waals surface area contributed by atoms with Crippen LogP contribution in [0, 0.1) is 6.92 Å². The third-order valence-electron chi connectivity index (χ3n) is 3.06. The number of nitrogens with one attached hydrogen (secondary N) is 2. The molecule has 0 bridgehead atoms. The Hall–Kier alpha value is -2.49. The van der Waals surface area contributed by atoms with Gasteiger partial charge in [0.05, 0.1) is 6.10 Å². The van der Waals surface area contributed by atoms with Crippen LogP contribution in [-0.4, -0.2) is 12.1 Å². The minimum Gasteiger partial charge on any atom is -0.491 e. The second-order valence-corrected chi connectivity index (χ2v) is 5.48. The van der Waals surface area contributed by atoms with E-state index in [0.29, 0.717) is 6.54 Å². The summed E-state index contributed by atoms with van der Waals surface area (Å²) in [5.41, 5.74) is 3.01. The van der Waals surface area contributed by atoms with Crippen molar-refractivity contribution in [2.45, 2.75) is 33.4 Å². The van der Waals surface area contributed by atoms with Crippen molar-refractivity contribution >= 4 is 11.7 Å². The van der Waals surface area contributed by atoms with E-state index < -0.39 is 0 Å². The van der Waals surface area contributed by atoms with Gasteiger partial charge in [-0.2, -0.15) is 0 Å². The molecule has 0 aliphatic carbocycles. The third kappa shape index (κ3) is 5.13. The van der Waals surface area contributed by atoms with Crippen molar-refractivity contribution in [3.63, 3.8) is 0 Å². The first-order chi connectivity index (χ1) is 10.5. The van der Waals surface area contributed by atoms with Crippen LogP contribution in [0.5, 0.6) is 5.75 Å². The highest BCUT2D eigenvalue weighted by Gasteiger charge is 2.03. The molecule has 0 saturated carbocycles. The lowest BCUT2D eigenvalue weighted by molar-refractivity contribution is 0.242. The Morgan fingerprint density at radius 2 is 1.68 bits per heavy atom. The number of carbonyl (C=O) groups excluding carboxylic acids is 1. The van der Waals surface area contributed by atoms with E-state index in [1.165, 1.54) is 5.56 Å². The SMILES string of the molecule is Cc1ccc(CNC(=O)Nc2ccc(OC(C)C)cc2)cc1. The van der Waals surface area contributed by atoms with Gasteiger partial charge in [0.2, 0.25) is 0 Å². The Balaban J connectivity index is 1.82. The van der Waals surface area contributed by atoms with Crippen LogP contribution in [-0.2, 0) is 6.54 Å². The summed E-state index contributed by atoms with van der Waals surface area (Å²) in [6.45, 7) is 6.49. The van der Waals surface area contributed by atoms with Gasteiger partial charge >= 0.3 is 6.03 Å². The van der Waals surface area contributed by atoms with E-state index in [4.69, 9.17) is 4.74 Å². The van der Waals surface area contributed by atoms with Crippen LogP contribution in [0.15, 0.2) is 48.5 Å². The first-order valence-corrected chi connectivity index (χ1v) is 7.40. The summed E-state index contributed by atoms with van der Waals surface area (Å²) in [6, 6.07) is 15.2. The van der Waals surface area contributed by atoms with Crippen molar-refractivity contribution in [3.8, 4) is 5.75 Å². The summed E-state index contributed by atoms with van der Waals surface area (Å²) in [4.78, 5) is 11.9. The summed E-state index contributed by atoms with van der Waals surface area (Å²) in [5, 5.41) is 5.63. The number of amides is 2. The number of hydrogen-bond donors (Lipinski definition) is 2. The van der Waals surface area contributed by atoms with Gasteiger partial charge in [-0.1, -0.05) is 29.8 Å². The van der Waals surface area contributed by atoms with Gasteiger partial charge in [-0.15, -0.1) is 0 Å². The molecule has 4 heteroatoms. The highest BCUT2D eigenvalue weighted by atomic mass is 16.5. The lowest BCUT2D eigenvalue weighted by Gasteiger charge is -2.11. The number of aryl methyl sites for hydroxylation is 1. The van der Waals surface area contributed by atoms with Crippen molar-refractivity contribution < 1.29 is 9.53 Å². The number of hydrogen-bond acceptors (Lipinski definition) is 2. The van der Waals surface area contributed by atoms with Crippen LogP contribution in [0.4, 0.5) is 10.5 Å². The fourth-order valence-corrected chi connectivity index (χ4v) is 1.95. The molecule has 2 aromatic rings. The average Bonchev–Trinajstić information content (AvgIpc) is 2.48. The predicted molar refractivity (Wildman–Crippen MR) is 89.2 cm³/mol. The third-order valence-corrected chi connectivity index (χ3v) is 3.06. The molecule has 22 heavy (non-hydrogen) atoms. The lowest BCUT2D eigenvalue weighted by atomic mass is 10.1. The Kier molecular flexibility index (Phi) is 5.42. The second kappa shape index (κ2) is 7.50. The van der Waals surface area contributed by atoms with Crippen molar-refractivity contribution in [3.05, 3.63) is 59.7 Å². The molecule has 0 spiro atoms. The monoisotopic (exact) mass is 298 g/mol. The zero-order chi connectivity index (χ0) is 15.9. The van der Waals surface area contributed by atoms with Gasteiger partial charge in [0.15, 0.2) is 0 Å². The summed E-state index contributed by atoms with van der Waals surface area (Å²) >= 11 is 0. The first-order valence-electron chi connectivity index (χ1n) is 7.40. The topological polar surface area (TPSA) is 50.4 Å². The first kappa shape index (κ1) is 15.9. The maximum Gasteiger partial charge on any atom is 0.319 e. The maximum atomic E-state index is 11.9. The van der Waals surface area contributed by atoms with Crippen LogP contribution in [0.3, 0.4) is 0 Å². The molecular formula is C18H22N2O2. The summed E-state index contributed by atoms with van der Waals surface area (Å²) in [5.74, 6) is 0.792. The molecule has 0 radical (unpaired) electrons. The van der Waals surface area contributed by atoms with Crippen molar-refractivity contribution in [1.82, 2.24) is 5.32 Å². The molecule has 0 heterocycles. The molecule has 4 nitrogen and oxygen atoms in total. The smallest absolute Gasteiger partial charge is 0.319 e. The van der Waals surface area contributed by atoms with Crippen LogP contribution in [0.1, 0.15) is 25.0 Å². The summed E-state index contributed by atoms with van der Waals surface area (Å²) in [6.07, 6.45) is 0.136. The molecule has 2 N–H and O–H groups in total. The average molecular weight is 298 g/mol. The van der Waals surface area contributed by atoms with E-state index >= 15 is 0 Å². The molecule has 0 aliphatic heterocycles. The molecule has 2 aromatic carbocycles. The Bertz CT molecular complexity index is 604. The van der Waals surface area contributed by atoms with Crippen LogP contribution < -0.4 is 15.4 Å². The summed E-state index contributed by atoms with van der Waals surface area (Å²) < 4.78 is 5.56. The molecule has 0 fully saturated rings. The number of rotatable bonds is 5. The maximum absolute atomic E-state index is 11.9. The lowest BCUT2D eigenvalue weighted by Crippen LogP contribution is -2.28. The van der Waals surface area contributed by atoms with Gasteiger partial charge in [0.25, 0.3) is 0 Å². The fourth-order valence-electron chi connectivity index (χ4n) is 1.95. The van der Waals surface area contributed by atoms with E-state index in [1.807, 2.05) is 69.3 Å². The zero-order valence-corrected chi connectivity index (χ0v) is 13.2. The van der Waals surface area contributed by atoms with Gasteiger partial charge in [0, 0.05) is 12.2 Å². The number of benzene rings is 2. The Morgan fingerprint density at radius 3 is 2.27 bits per heavy atom. The summed E-state index contributed by atoms with van der Waals surface area (Å²) in [7, 11) is 0. The van der Waals surface area contributed by atoms with Crippen LogP contribution in [0.2, 0.25) is 0 Å². The molecule has 0 unspecified atom stereocenters. The highest BCUT2D eigenvalue weighted by Crippen LogP contribution is 2.16. The van der Waals surface area contributed by atoms with Crippen molar-refractivity contribution in [2.75, 3.05) is 5.32 Å². The predicted octanol–water partition coefficient (Wildman–Crippen LogP) is 4.10. The number of ether oxygens (including phenoxy) is 1. The van der Waals surface area contributed by atoms with Gasteiger partial charge in [0.1, 0.15) is 5.75 Å². The van der Waals surface area contributed by atoms with E-state index in [0.717, 1.165) is 17.0 Å². The van der Waals surface area contributed by atoms with Crippen LogP contribution in [0.25, 0.3) is 0 Å². The number of anilines is 1. The minimum atomic E-state index is -0.224. The number of urea groups is 1. The Morgan fingerprint density at radius 1 is 1.05 bits per heavy atom. The van der Waals surface area contributed by atoms with E-state index in [9.17, 15) is 4.79 Å². The van der Waals surface area contributed by atoms with E-state index in [-0.39, 0.29) is 12.1 Å². The molecule has 0 aliphatic rings. The molecule has 2 rings (SSSR count). The normalized spacial score (nSPS) is 10.4. The van der Waals surface area contributed by atoms with Crippen molar-refractivity contribution in [2.24, 2.45) is 0 Å². The van der Waals surface area contributed by atoms with Gasteiger partial charge in [-0.3, -0.25) is 0 Å². The standard InChI is InChI=1S/C18H22N2O2/c1-13(2)22-17-10-8-16(9-11-17)20-18(21)19-12-15-6-4-14(3)5-7-15/h4-11,13H,12H2,1-3H3,(H2,19,20,21). The fraction of sp³-hybridized carbons (Fsp3) is 0.278. The van der Waals surface area contributed by atoms with Gasteiger partial charge < -0.3 is 15.4 Å². The number of carbonyl (C=O) groups is 1. The van der Waals surface area contributed by atoms with Gasteiger partial charge in [-0.05, 0) is 50.6 Å². The molecule has 2 amide bonds. The largest absolute Gasteiger partial charge is 0.491 e. The molecule has 0 atom stereocenters. The minimum absolute atomic E-state index is 0.136. The zero-order valence-electron chi connectivity index (χ0n) is 13.2. The highest BCUT2D eigenvalue weighted by molar-refractivity contribution is 5.89. The Labute approximate surface area is 131 Å². The molecular weight excluding hydrogens is 276 g/mol. The molecule has 0 aromatic heterocycles. The molecule has 0 saturated heterocycles. The van der Waals surface area contributed by atoms with Crippen molar-refractivity contribution in [1.29, 1.82) is 0 Å². The van der Waals surface area contributed by atoms with E-state index in [1.54, 1.807) is 0 Å². The van der Waals surface area contributed by atoms with Crippen LogP contribution >= 0.6 is 0 Å².